The van der Waals surface area contributed by atoms with Crippen LogP contribution in [0.2, 0.25) is 0 Å². The van der Waals surface area contributed by atoms with Crippen LogP contribution in [0.25, 0.3) is 5.69 Å². The van der Waals surface area contributed by atoms with E-state index in [0.717, 1.165) is 0 Å². The summed E-state index contributed by atoms with van der Waals surface area (Å²) in [6, 6.07) is 5.92. The molecule has 2 rings (SSSR count). The molecule has 0 aliphatic rings. The molecule has 0 saturated heterocycles. The van der Waals surface area contributed by atoms with Gasteiger partial charge in [0.15, 0.2) is 5.82 Å². The predicted molar refractivity (Wildman–Crippen MR) is 68.0 cm³/mol. The molecule has 0 atom stereocenters. The summed E-state index contributed by atoms with van der Waals surface area (Å²) >= 11 is 0. The van der Waals surface area contributed by atoms with E-state index in [0.29, 0.717) is 17.3 Å². The van der Waals surface area contributed by atoms with Gasteiger partial charge in [0.1, 0.15) is 11.4 Å². The van der Waals surface area contributed by atoms with Crippen LogP contribution in [0.4, 0.5) is 5.69 Å². The minimum absolute atomic E-state index is 0.00500. The van der Waals surface area contributed by atoms with Crippen molar-refractivity contribution in [3.05, 3.63) is 46.0 Å². The molecule has 0 aliphatic heterocycles. The van der Waals surface area contributed by atoms with E-state index in [1.54, 1.807) is 32.9 Å². The van der Waals surface area contributed by atoms with E-state index < -0.39 is 10.5 Å². The number of aromatic nitrogens is 3. The summed E-state index contributed by atoms with van der Waals surface area (Å²) in [5.41, 5.74) is -0.531. The zero-order valence-electron chi connectivity index (χ0n) is 10.9. The second-order valence-corrected chi connectivity index (χ2v) is 4.73. The van der Waals surface area contributed by atoms with E-state index in [-0.39, 0.29) is 5.69 Å². The summed E-state index contributed by atoms with van der Waals surface area (Å²) in [4.78, 5) is 14.3. The van der Waals surface area contributed by atoms with Gasteiger partial charge in [-0.05, 0) is 32.9 Å². The summed E-state index contributed by atoms with van der Waals surface area (Å²) in [6.45, 7) is 4.94. The molecule has 7 heteroatoms. The smallest absolute Gasteiger partial charge is 0.269 e. The van der Waals surface area contributed by atoms with Gasteiger partial charge in [0.05, 0.1) is 10.6 Å². The number of nitro benzene ring substituents is 1. The standard InChI is InChI=1S/C12H14N4O3/c1-8-13-11(12(2,3)17)15(14-8)9-4-6-10(7-5-9)16(18)19/h4-7,17H,1-3H3. The molecule has 0 bridgehead atoms. The Morgan fingerprint density at radius 1 is 1.32 bits per heavy atom. The van der Waals surface area contributed by atoms with Crippen molar-refractivity contribution in [3.63, 3.8) is 0 Å². The third-order valence-electron chi connectivity index (χ3n) is 2.57. The van der Waals surface area contributed by atoms with Crippen molar-refractivity contribution >= 4 is 5.69 Å². The zero-order chi connectivity index (χ0) is 14.2. The fraction of sp³-hybridized carbons (Fsp3) is 0.333. The Balaban J connectivity index is 2.50. The largest absolute Gasteiger partial charge is 0.382 e. The summed E-state index contributed by atoms with van der Waals surface area (Å²) in [5.74, 6) is 0.911. The Kier molecular flexibility index (Phi) is 3.07. The first-order chi connectivity index (χ1) is 8.79. The summed E-state index contributed by atoms with van der Waals surface area (Å²) in [5, 5.41) is 24.9. The molecular weight excluding hydrogens is 248 g/mol. The van der Waals surface area contributed by atoms with E-state index in [2.05, 4.69) is 10.1 Å². The van der Waals surface area contributed by atoms with Gasteiger partial charge >= 0.3 is 0 Å². The maximum atomic E-state index is 10.6. The number of aliphatic hydroxyl groups is 1. The monoisotopic (exact) mass is 262 g/mol. The van der Waals surface area contributed by atoms with Crippen molar-refractivity contribution in [2.45, 2.75) is 26.4 Å². The molecule has 0 aliphatic carbocycles. The van der Waals surface area contributed by atoms with Gasteiger partial charge in [0.25, 0.3) is 5.69 Å². The maximum absolute atomic E-state index is 10.6. The average molecular weight is 262 g/mol. The number of benzene rings is 1. The molecule has 1 N–H and O–H groups in total. The Hall–Kier alpha value is -2.28. The quantitative estimate of drug-likeness (QED) is 0.671. The first kappa shape index (κ1) is 13.2. The average Bonchev–Trinajstić information content (AvgIpc) is 2.71. The number of nitro groups is 1. The highest BCUT2D eigenvalue weighted by Gasteiger charge is 2.25. The Morgan fingerprint density at radius 2 is 1.89 bits per heavy atom. The van der Waals surface area contributed by atoms with Crippen molar-refractivity contribution in [2.75, 3.05) is 0 Å². The molecule has 0 saturated carbocycles. The molecule has 19 heavy (non-hydrogen) atoms. The van der Waals surface area contributed by atoms with Crippen molar-refractivity contribution < 1.29 is 10.0 Å². The molecule has 0 fully saturated rings. The van der Waals surface area contributed by atoms with Crippen LogP contribution in [0, 0.1) is 17.0 Å². The van der Waals surface area contributed by atoms with Crippen LogP contribution in [-0.4, -0.2) is 24.8 Å². The number of hydrogen-bond acceptors (Lipinski definition) is 5. The topological polar surface area (TPSA) is 94.1 Å². The molecular formula is C12H14N4O3. The van der Waals surface area contributed by atoms with E-state index in [9.17, 15) is 15.2 Å². The fourth-order valence-electron chi connectivity index (χ4n) is 1.71. The molecule has 0 unspecified atom stereocenters. The molecule has 7 nitrogen and oxygen atoms in total. The highest BCUT2D eigenvalue weighted by Crippen LogP contribution is 2.22. The van der Waals surface area contributed by atoms with Crippen LogP contribution in [0.5, 0.6) is 0 Å². The molecule has 0 radical (unpaired) electrons. The van der Waals surface area contributed by atoms with Crippen molar-refractivity contribution in [3.8, 4) is 5.69 Å². The van der Waals surface area contributed by atoms with E-state index >= 15 is 0 Å². The third kappa shape index (κ3) is 2.60. The van der Waals surface area contributed by atoms with Crippen molar-refractivity contribution in [1.82, 2.24) is 14.8 Å². The van der Waals surface area contributed by atoms with E-state index in [4.69, 9.17) is 0 Å². The molecule has 1 aromatic heterocycles. The van der Waals surface area contributed by atoms with Gasteiger partial charge in [-0.3, -0.25) is 10.1 Å². The number of aryl methyl sites for hydroxylation is 1. The minimum Gasteiger partial charge on any atom is -0.382 e. The van der Waals surface area contributed by atoms with Crippen molar-refractivity contribution in [2.24, 2.45) is 0 Å². The molecule has 2 aromatic rings. The van der Waals surface area contributed by atoms with Crippen LogP contribution in [0.1, 0.15) is 25.5 Å². The lowest BCUT2D eigenvalue weighted by atomic mass is 10.1. The summed E-state index contributed by atoms with van der Waals surface area (Å²) in [7, 11) is 0. The summed E-state index contributed by atoms with van der Waals surface area (Å²) < 4.78 is 1.49. The van der Waals surface area contributed by atoms with Gasteiger partial charge < -0.3 is 5.11 Å². The Labute approximate surface area is 109 Å². The maximum Gasteiger partial charge on any atom is 0.269 e. The lowest BCUT2D eigenvalue weighted by Gasteiger charge is -2.17. The highest BCUT2D eigenvalue weighted by molar-refractivity contribution is 5.41. The molecule has 100 valence electrons. The summed E-state index contributed by atoms with van der Waals surface area (Å²) in [6.07, 6.45) is 0. The Morgan fingerprint density at radius 3 is 2.37 bits per heavy atom. The SMILES string of the molecule is Cc1nc(C(C)(C)O)n(-c2ccc([N+](=O)[O-])cc2)n1. The van der Waals surface area contributed by atoms with Gasteiger partial charge in [0.2, 0.25) is 0 Å². The van der Waals surface area contributed by atoms with E-state index in [1.807, 2.05) is 0 Å². The number of nitrogens with zero attached hydrogens (tertiary/aromatic N) is 4. The van der Waals surface area contributed by atoms with Crippen LogP contribution in [0.3, 0.4) is 0 Å². The third-order valence-corrected chi connectivity index (χ3v) is 2.57. The zero-order valence-corrected chi connectivity index (χ0v) is 10.9. The van der Waals surface area contributed by atoms with Crippen molar-refractivity contribution in [1.29, 1.82) is 0 Å². The number of rotatable bonds is 3. The predicted octanol–water partition coefficient (Wildman–Crippen LogP) is 1.71. The normalized spacial score (nSPS) is 11.6. The highest BCUT2D eigenvalue weighted by atomic mass is 16.6. The fourth-order valence-corrected chi connectivity index (χ4v) is 1.71. The minimum atomic E-state index is -1.15. The van der Waals surface area contributed by atoms with Crippen LogP contribution in [0.15, 0.2) is 24.3 Å². The lowest BCUT2D eigenvalue weighted by molar-refractivity contribution is -0.384. The lowest BCUT2D eigenvalue weighted by Crippen LogP contribution is -2.22. The second kappa shape index (κ2) is 4.43. The van der Waals surface area contributed by atoms with Gasteiger partial charge in [-0.1, -0.05) is 0 Å². The number of hydrogen-bond donors (Lipinski definition) is 1. The van der Waals surface area contributed by atoms with E-state index in [1.165, 1.54) is 16.8 Å². The second-order valence-electron chi connectivity index (χ2n) is 4.73. The van der Waals surface area contributed by atoms with Gasteiger partial charge in [0, 0.05) is 12.1 Å². The molecule has 0 amide bonds. The number of non-ortho nitro benzene ring substituents is 1. The first-order valence-corrected chi connectivity index (χ1v) is 5.70. The molecule has 0 spiro atoms. The van der Waals surface area contributed by atoms with Crippen LogP contribution >= 0.6 is 0 Å². The molecule has 1 heterocycles. The van der Waals surface area contributed by atoms with Gasteiger partial charge in [-0.25, -0.2) is 9.67 Å². The van der Waals surface area contributed by atoms with Gasteiger partial charge in [-0.15, -0.1) is 0 Å². The Bertz CT molecular complexity index is 611. The van der Waals surface area contributed by atoms with Crippen LogP contribution < -0.4 is 0 Å². The van der Waals surface area contributed by atoms with Crippen LogP contribution in [-0.2, 0) is 5.60 Å². The first-order valence-electron chi connectivity index (χ1n) is 5.70. The van der Waals surface area contributed by atoms with Gasteiger partial charge in [-0.2, -0.15) is 5.10 Å². The molecule has 1 aromatic carbocycles.